The molecule has 0 bridgehead atoms. The Morgan fingerprint density at radius 3 is 2.62 bits per heavy atom. The molecule has 4 rings (SSSR count). The van der Waals surface area contributed by atoms with Crippen LogP contribution in [-0.2, 0) is 11.2 Å². The number of nitrogens with zero attached hydrogens (tertiary/aromatic N) is 2. The van der Waals surface area contributed by atoms with E-state index in [-0.39, 0.29) is 17.8 Å². The van der Waals surface area contributed by atoms with E-state index in [0.717, 1.165) is 23.4 Å². The van der Waals surface area contributed by atoms with Gasteiger partial charge in [0.15, 0.2) is 11.6 Å². The summed E-state index contributed by atoms with van der Waals surface area (Å²) in [6.07, 6.45) is 2.15. The van der Waals surface area contributed by atoms with Crippen molar-refractivity contribution in [1.82, 2.24) is 9.88 Å². The van der Waals surface area contributed by atoms with Gasteiger partial charge in [-0.1, -0.05) is 18.2 Å². The number of likely N-dealkylation sites (N-methyl/N-ethyl adjacent to an activating group) is 1. The molecule has 0 saturated heterocycles. The molecule has 0 radical (unpaired) electrons. The van der Waals surface area contributed by atoms with Crippen LogP contribution in [0.1, 0.15) is 24.1 Å². The smallest absolute Gasteiger partial charge is 0.245 e. The summed E-state index contributed by atoms with van der Waals surface area (Å²) in [5.74, 6) is -1.81. The topological polar surface area (TPSA) is 54.5 Å². The molecule has 1 aliphatic heterocycles. The number of hydrogen-bond donors (Lipinski definition) is 1. The fourth-order valence-corrected chi connectivity index (χ4v) is 3.82. The average Bonchev–Trinajstić information content (AvgIpc) is 3.16. The van der Waals surface area contributed by atoms with E-state index in [2.05, 4.69) is 10.3 Å². The summed E-state index contributed by atoms with van der Waals surface area (Å²) in [6.45, 7) is 1.84. The van der Waals surface area contributed by atoms with Crippen LogP contribution in [0.2, 0.25) is 0 Å². The Morgan fingerprint density at radius 1 is 1.24 bits per heavy atom. The first-order valence-electron chi connectivity index (χ1n) is 9.33. The normalized spacial score (nSPS) is 16.2. The summed E-state index contributed by atoms with van der Waals surface area (Å²) in [5.41, 5.74) is 2.67. The number of hydrogen-bond acceptors (Lipinski definition) is 4. The molecule has 2 aromatic carbocycles. The number of ether oxygens (including phenoxy) is 1. The molecule has 150 valence electrons. The van der Waals surface area contributed by atoms with Crippen LogP contribution in [0.5, 0.6) is 5.88 Å². The molecule has 5 nitrogen and oxygen atoms in total. The van der Waals surface area contributed by atoms with E-state index in [0.29, 0.717) is 22.8 Å². The lowest BCUT2D eigenvalue weighted by molar-refractivity contribution is -0.132. The molecular formula is C22H21F2N3O2. The molecule has 7 heteroatoms. The van der Waals surface area contributed by atoms with E-state index in [9.17, 15) is 13.6 Å². The molecular weight excluding hydrogens is 376 g/mol. The van der Waals surface area contributed by atoms with Crippen LogP contribution >= 0.6 is 0 Å². The highest BCUT2D eigenvalue weighted by Gasteiger charge is 2.31. The maximum absolute atomic E-state index is 14.0. The van der Waals surface area contributed by atoms with Gasteiger partial charge in [0.1, 0.15) is 6.04 Å². The van der Waals surface area contributed by atoms with Crippen molar-refractivity contribution >= 4 is 22.4 Å². The van der Waals surface area contributed by atoms with Gasteiger partial charge in [-0.05, 0) is 36.1 Å². The second-order valence-corrected chi connectivity index (χ2v) is 7.22. The van der Waals surface area contributed by atoms with Gasteiger partial charge in [-0.15, -0.1) is 0 Å². The summed E-state index contributed by atoms with van der Waals surface area (Å²) in [5, 5.41) is 4.08. The Balaban J connectivity index is 1.66. The first-order valence-corrected chi connectivity index (χ1v) is 9.33. The monoisotopic (exact) mass is 397 g/mol. The van der Waals surface area contributed by atoms with Crippen molar-refractivity contribution < 1.29 is 18.3 Å². The Kier molecular flexibility index (Phi) is 4.82. The SMILES string of the molecule is COc1ncc(C(C)N(C)C(=O)[C@H]2Cc3ccccc3N2)c2cc(F)c(F)cc12. The molecule has 0 aliphatic carbocycles. The van der Waals surface area contributed by atoms with Crippen LogP contribution in [0, 0.1) is 11.6 Å². The van der Waals surface area contributed by atoms with Gasteiger partial charge in [-0.25, -0.2) is 13.8 Å². The minimum Gasteiger partial charge on any atom is -0.481 e. The number of amides is 1. The number of halogens is 2. The number of anilines is 1. The second kappa shape index (κ2) is 7.31. The number of methoxy groups -OCH3 is 1. The lowest BCUT2D eigenvalue weighted by Gasteiger charge is -2.29. The molecule has 2 heterocycles. The highest BCUT2D eigenvalue weighted by atomic mass is 19.2. The van der Waals surface area contributed by atoms with Gasteiger partial charge in [0.25, 0.3) is 0 Å². The largest absolute Gasteiger partial charge is 0.481 e. The Labute approximate surface area is 167 Å². The lowest BCUT2D eigenvalue weighted by atomic mass is 10.00. The number of pyridine rings is 1. The van der Waals surface area contributed by atoms with Gasteiger partial charge in [0.05, 0.1) is 13.2 Å². The molecule has 0 saturated carbocycles. The fourth-order valence-electron chi connectivity index (χ4n) is 3.82. The van der Waals surface area contributed by atoms with Gasteiger partial charge < -0.3 is 15.0 Å². The molecule has 1 amide bonds. The third-order valence-corrected chi connectivity index (χ3v) is 5.56. The lowest BCUT2D eigenvalue weighted by Crippen LogP contribution is -2.41. The number of nitrogens with one attached hydrogen (secondary N) is 1. The zero-order valence-electron chi connectivity index (χ0n) is 16.4. The Bertz CT molecular complexity index is 1080. The van der Waals surface area contributed by atoms with E-state index >= 15 is 0 Å². The molecule has 0 fully saturated rings. The quantitative estimate of drug-likeness (QED) is 0.721. The van der Waals surface area contributed by atoms with Crippen LogP contribution in [0.4, 0.5) is 14.5 Å². The molecule has 0 spiro atoms. The number of para-hydroxylation sites is 1. The first-order chi connectivity index (χ1) is 13.9. The van der Waals surface area contributed by atoms with Crippen LogP contribution in [-0.4, -0.2) is 36.0 Å². The van der Waals surface area contributed by atoms with Crippen molar-refractivity contribution in [3.8, 4) is 5.88 Å². The Morgan fingerprint density at radius 2 is 1.93 bits per heavy atom. The van der Waals surface area contributed by atoms with Crippen LogP contribution in [0.15, 0.2) is 42.6 Å². The molecule has 1 aromatic heterocycles. The van der Waals surface area contributed by atoms with Gasteiger partial charge in [0, 0.05) is 36.3 Å². The minimum absolute atomic E-state index is 0.0831. The van der Waals surface area contributed by atoms with Gasteiger partial charge in [0.2, 0.25) is 11.8 Å². The molecule has 1 N–H and O–H groups in total. The standard InChI is InChI=1S/C22H21F2N3O2/c1-12(27(2)22(28)20-8-13-6-4-5-7-19(13)26-20)16-11-25-21(29-3)15-10-18(24)17(23)9-14(15)16/h4-7,9-12,20,26H,8H2,1-3H3/t12?,20-/m1/s1. The predicted molar refractivity (Wildman–Crippen MR) is 107 cm³/mol. The van der Waals surface area contributed by atoms with Crippen molar-refractivity contribution in [3.05, 3.63) is 65.4 Å². The van der Waals surface area contributed by atoms with Crippen molar-refractivity contribution in [1.29, 1.82) is 0 Å². The van der Waals surface area contributed by atoms with Crippen molar-refractivity contribution in [2.75, 3.05) is 19.5 Å². The number of fused-ring (bicyclic) bond motifs is 2. The third-order valence-electron chi connectivity index (χ3n) is 5.56. The van der Waals surface area contributed by atoms with E-state index in [1.807, 2.05) is 31.2 Å². The van der Waals surface area contributed by atoms with Gasteiger partial charge >= 0.3 is 0 Å². The predicted octanol–water partition coefficient (Wildman–Crippen LogP) is 4.08. The molecule has 29 heavy (non-hydrogen) atoms. The van der Waals surface area contributed by atoms with Crippen LogP contribution < -0.4 is 10.1 Å². The van der Waals surface area contributed by atoms with Gasteiger partial charge in [-0.3, -0.25) is 4.79 Å². The number of carbonyl (C=O) groups excluding carboxylic acids is 1. The highest BCUT2D eigenvalue weighted by Crippen LogP contribution is 2.34. The summed E-state index contributed by atoms with van der Waals surface area (Å²) < 4.78 is 32.9. The summed E-state index contributed by atoms with van der Waals surface area (Å²) in [7, 11) is 3.12. The highest BCUT2D eigenvalue weighted by molar-refractivity contribution is 5.91. The van der Waals surface area contributed by atoms with E-state index in [1.165, 1.54) is 7.11 Å². The maximum atomic E-state index is 14.0. The molecule has 2 atom stereocenters. The molecule has 1 aliphatic rings. The zero-order valence-corrected chi connectivity index (χ0v) is 16.4. The zero-order chi connectivity index (χ0) is 20.7. The van der Waals surface area contributed by atoms with Crippen molar-refractivity contribution in [2.24, 2.45) is 0 Å². The number of rotatable bonds is 4. The van der Waals surface area contributed by atoms with Crippen molar-refractivity contribution in [3.63, 3.8) is 0 Å². The second-order valence-electron chi connectivity index (χ2n) is 7.22. The third kappa shape index (κ3) is 3.26. The van der Waals surface area contributed by atoms with Crippen molar-refractivity contribution in [2.45, 2.75) is 25.4 Å². The number of benzene rings is 2. The Hall–Kier alpha value is -3.22. The van der Waals surface area contributed by atoms with Crippen LogP contribution in [0.25, 0.3) is 10.8 Å². The molecule has 3 aromatic rings. The average molecular weight is 397 g/mol. The van der Waals surface area contributed by atoms with Crippen LogP contribution in [0.3, 0.4) is 0 Å². The number of carbonyl (C=O) groups is 1. The van der Waals surface area contributed by atoms with E-state index < -0.39 is 17.7 Å². The summed E-state index contributed by atoms with van der Waals surface area (Å²) >= 11 is 0. The summed E-state index contributed by atoms with van der Waals surface area (Å²) in [4.78, 5) is 18.9. The first kappa shape index (κ1) is 19.1. The number of aromatic nitrogens is 1. The fraction of sp³-hybridized carbons (Fsp3) is 0.273. The van der Waals surface area contributed by atoms with E-state index in [4.69, 9.17) is 4.74 Å². The van der Waals surface area contributed by atoms with E-state index in [1.54, 1.807) is 18.1 Å². The maximum Gasteiger partial charge on any atom is 0.245 e. The minimum atomic E-state index is -0.972. The van der Waals surface area contributed by atoms with Gasteiger partial charge in [-0.2, -0.15) is 0 Å². The molecule has 1 unspecified atom stereocenters. The summed E-state index contributed by atoms with van der Waals surface area (Å²) in [6, 6.07) is 9.25.